The summed E-state index contributed by atoms with van der Waals surface area (Å²) in [5, 5.41) is 9.81. The van der Waals surface area contributed by atoms with Gasteiger partial charge in [-0.2, -0.15) is 0 Å². The van der Waals surface area contributed by atoms with E-state index >= 15 is 0 Å². The van der Waals surface area contributed by atoms with E-state index in [4.69, 9.17) is 0 Å². The van der Waals surface area contributed by atoms with Gasteiger partial charge in [0.2, 0.25) is 0 Å². The Balaban J connectivity index is 2.44. The van der Waals surface area contributed by atoms with E-state index in [1.807, 2.05) is 18.2 Å². The predicted octanol–water partition coefficient (Wildman–Crippen LogP) is 2.28. The van der Waals surface area contributed by atoms with E-state index in [0.29, 0.717) is 16.6 Å². The van der Waals surface area contributed by atoms with E-state index in [1.54, 1.807) is 12.1 Å². The van der Waals surface area contributed by atoms with Crippen LogP contribution in [-0.2, 0) is 4.74 Å². The number of hydrogen-bond acceptors (Lipinski definition) is 5. The zero-order valence-electron chi connectivity index (χ0n) is 10.1. The summed E-state index contributed by atoms with van der Waals surface area (Å²) in [5.41, 5.74) is 2.31. The highest BCUT2D eigenvalue weighted by Gasteiger charge is 2.18. The molecule has 0 aliphatic rings. The standard InChI is InChI=1S/C14H10N2O3/c1-19-14(18)12-11(17)7-6-10-13(12)16-9-5-3-2-4-8(9)15-10/h2-7,17H,1H3. The number of rotatable bonds is 1. The fraction of sp³-hybridized carbons (Fsp3) is 0.0714. The number of nitrogens with zero attached hydrogens (tertiary/aromatic N) is 2. The molecule has 0 saturated carbocycles. The monoisotopic (exact) mass is 254 g/mol. The number of esters is 1. The van der Waals surface area contributed by atoms with Crippen LogP contribution in [0.25, 0.3) is 22.1 Å². The normalized spacial score (nSPS) is 10.8. The number of phenolic OH excluding ortho intramolecular Hbond substituents is 1. The molecule has 0 spiro atoms. The molecule has 5 nitrogen and oxygen atoms in total. The van der Waals surface area contributed by atoms with E-state index < -0.39 is 5.97 Å². The highest BCUT2D eigenvalue weighted by atomic mass is 16.5. The summed E-state index contributed by atoms with van der Waals surface area (Å²) in [6.07, 6.45) is 0. The molecule has 1 heterocycles. The fourth-order valence-corrected chi connectivity index (χ4v) is 1.98. The van der Waals surface area contributed by atoms with Gasteiger partial charge in [0, 0.05) is 0 Å². The second kappa shape index (κ2) is 4.20. The summed E-state index contributed by atoms with van der Waals surface area (Å²) >= 11 is 0. The maximum absolute atomic E-state index is 11.7. The molecule has 5 heteroatoms. The first-order valence-electron chi connectivity index (χ1n) is 5.67. The Bertz CT molecular complexity index is 799. The van der Waals surface area contributed by atoms with E-state index in [2.05, 4.69) is 14.7 Å². The lowest BCUT2D eigenvalue weighted by Crippen LogP contribution is -2.04. The Labute approximate surface area is 108 Å². The molecule has 0 unspecified atom stereocenters. The van der Waals surface area contributed by atoms with Crippen LogP contribution in [0.5, 0.6) is 5.75 Å². The number of ether oxygens (including phenoxy) is 1. The molecule has 0 aliphatic heterocycles. The molecular weight excluding hydrogens is 244 g/mol. The van der Waals surface area contributed by atoms with Crippen LogP contribution in [0.2, 0.25) is 0 Å². The maximum Gasteiger partial charge on any atom is 0.343 e. The zero-order valence-corrected chi connectivity index (χ0v) is 10.1. The number of aromatic hydroxyl groups is 1. The van der Waals surface area contributed by atoms with Gasteiger partial charge in [0.05, 0.1) is 23.7 Å². The van der Waals surface area contributed by atoms with Gasteiger partial charge in [0.25, 0.3) is 0 Å². The van der Waals surface area contributed by atoms with Gasteiger partial charge in [0.15, 0.2) is 0 Å². The van der Waals surface area contributed by atoms with Crippen molar-refractivity contribution in [2.24, 2.45) is 0 Å². The minimum absolute atomic E-state index is 0.0400. The summed E-state index contributed by atoms with van der Waals surface area (Å²) in [5.74, 6) is -0.795. The number of methoxy groups -OCH3 is 1. The van der Waals surface area contributed by atoms with Crippen LogP contribution in [0.3, 0.4) is 0 Å². The molecule has 0 radical (unpaired) electrons. The van der Waals surface area contributed by atoms with Gasteiger partial charge in [-0.05, 0) is 24.3 Å². The minimum Gasteiger partial charge on any atom is -0.507 e. The topological polar surface area (TPSA) is 72.3 Å². The van der Waals surface area contributed by atoms with Gasteiger partial charge in [-0.1, -0.05) is 12.1 Å². The van der Waals surface area contributed by atoms with Crippen molar-refractivity contribution in [2.45, 2.75) is 0 Å². The molecule has 0 amide bonds. The summed E-state index contributed by atoms with van der Waals surface area (Å²) in [7, 11) is 1.26. The van der Waals surface area contributed by atoms with Crippen molar-refractivity contribution in [1.29, 1.82) is 0 Å². The SMILES string of the molecule is COC(=O)c1c(O)ccc2nc3ccccc3nc12. The number of aromatic nitrogens is 2. The van der Waals surface area contributed by atoms with Gasteiger partial charge in [-0.25, -0.2) is 14.8 Å². The molecule has 0 atom stereocenters. The van der Waals surface area contributed by atoms with Crippen LogP contribution in [0.15, 0.2) is 36.4 Å². The van der Waals surface area contributed by atoms with Crippen LogP contribution < -0.4 is 0 Å². The second-order valence-electron chi connectivity index (χ2n) is 4.03. The summed E-state index contributed by atoms with van der Waals surface area (Å²) in [6.45, 7) is 0. The van der Waals surface area contributed by atoms with Crippen LogP contribution >= 0.6 is 0 Å². The summed E-state index contributed by atoms with van der Waals surface area (Å²) in [6, 6.07) is 10.4. The summed E-state index contributed by atoms with van der Waals surface area (Å²) < 4.78 is 4.67. The first kappa shape index (κ1) is 11.4. The first-order chi connectivity index (χ1) is 9.20. The highest BCUT2D eigenvalue weighted by molar-refractivity contribution is 6.05. The quantitative estimate of drug-likeness (QED) is 0.532. The van der Waals surface area contributed by atoms with E-state index in [0.717, 1.165) is 5.52 Å². The Morgan fingerprint density at radius 3 is 2.42 bits per heavy atom. The Morgan fingerprint density at radius 1 is 1.05 bits per heavy atom. The number of para-hydroxylation sites is 2. The molecule has 1 N–H and O–H groups in total. The molecule has 3 aromatic rings. The molecule has 0 aliphatic carbocycles. The van der Waals surface area contributed by atoms with Crippen molar-refractivity contribution in [3.8, 4) is 5.75 Å². The van der Waals surface area contributed by atoms with Crippen LogP contribution in [0.1, 0.15) is 10.4 Å². The molecule has 19 heavy (non-hydrogen) atoms. The average Bonchev–Trinajstić information content (AvgIpc) is 2.44. The van der Waals surface area contributed by atoms with Crippen LogP contribution in [-0.4, -0.2) is 28.2 Å². The van der Waals surface area contributed by atoms with Crippen molar-refractivity contribution in [1.82, 2.24) is 9.97 Å². The second-order valence-corrected chi connectivity index (χ2v) is 4.03. The number of benzene rings is 2. The molecule has 3 rings (SSSR count). The Morgan fingerprint density at radius 2 is 1.74 bits per heavy atom. The molecule has 0 bridgehead atoms. The molecule has 0 saturated heterocycles. The van der Waals surface area contributed by atoms with E-state index in [1.165, 1.54) is 13.2 Å². The number of fused-ring (bicyclic) bond motifs is 2. The van der Waals surface area contributed by atoms with Crippen molar-refractivity contribution in [2.75, 3.05) is 7.11 Å². The van der Waals surface area contributed by atoms with Crippen LogP contribution in [0.4, 0.5) is 0 Å². The Kier molecular flexibility index (Phi) is 2.52. The molecule has 1 aromatic heterocycles. The van der Waals surface area contributed by atoms with Gasteiger partial charge in [-0.3, -0.25) is 0 Å². The lowest BCUT2D eigenvalue weighted by atomic mass is 10.1. The molecule has 94 valence electrons. The largest absolute Gasteiger partial charge is 0.507 e. The smallest absolute Gasteiger partial charge is 0.343 e. The third kappa shape index (κ3) is 1.76. The van der Waals surface area contributed by atoms with E-state index in [-0.39, 0.29) is 11.3 Å². The number of carbonyl (C=O) groups excluding carboxylic acids is 1. The third-order valence-corrected chi connectivity index (χ3v) is 2.88. The van der Waals surface area contributed by atoms with Gasteiger partial charge < -0.3 is 9.84 Å². The minimum atomic E-state index is -0.632. The van der Waals surface area contributed by atoms with Crippen molar-refractivity contribution >= 4 is 28.0 Å². The van der Waals surface area contributed by atoms with Gasteiger partial charge in [-0.15, -0.1) is 0 Å². The summed E-state index contributed by atoms with van der Waals surface area (Å²) in [4.78, 5) is 20.5. The van der Waals surface area contributed by atoms with Gasteiger partial charge >= 0.3 is 5.97 Å². The average molecular weight is 254 g/mol. The first-order valence-corrected chi connectivity index (χ1v) is 5.67. The number of hydrogen-bond donors (Lipinski definition) is 1. The number of carbonyl (C=O) groups is 1. The van der Waals surface area contributed by atoms with Gasteiger partial charge in [0.1, 0.15) is 16.8 Å². The maximum atomic E-state index is 11.7. The van der Waals surface area contributed by atoms with E-state index in [9.17, 15) is 9.90 Å². The van der Waals surface area contributed by atoms with Crippen molar-refractivity contribution < 1.29 is 14.6 Å². The molecule has 2 aromatic carbocycles. The Hall–Kier alpha value is -2.69. The fourth-order valence-electron chi connectivity index (χ4n) is 1.98. The third-order valence-electron chi connectivity index (χ3n) is 2.88. The predicted molar refractivity (Wildman–Crippen MR) is 70.0 cm³/mol. The highest BCUT2D eigenvalue weighted by Crippen LogP contribution is 2.27. The zero-order chi connectivity index (χ0) is 13.4. The lowest BCUT2D eigenvalue weighted by Gasteiger charge is -2.07. The van der Waals surface area contributed by atoms with Crippen molar-refractivity contribution in [3.63, 3.8) is 0 Å². The molecule has 0 fully saturated rings. The van der Waals surface area contributed by atoms with Crippen molar-refractivity contribution in [3.05, 3.63) is 42.0 Å². The van der Waals surface area contributed by atoms with Crippen LogP contribution in [0, 0.1) is 0 Å². The lowest BCUT2D eigenvalue weighted by molar-refractivity contribution is 0.0599. The number of phenols is 1. The molecular formula is C14H10N2O3.